The van der Waals surface area contributed by atoms with Gasteiger partial charge < -0.3 is 15.1 Å². The minimum Gasteiger partial charge on any atom is -0.347 e. The summed E-state index contributed by atoms with van der Waals surface area (Å²) in [6, 6.07) is 6.42. The Labute approximate surface area is 123 Å². The van der Waals surface area contributed by atoms with Gasteiger partial charge in [0.25, 0.3) is 0 Å². The van der Waals surface area contributed by atoms with Gasteiger partial charge >= 0.3 is 11.8 Å². The first-order chi connectivity index (χ1) is 10.1. The number of rotatable bonds is 3. The zero-order valence-electron chi connectivity index (χ0n) is 12.1. The molecule has 0 saturated carbocycles. The summed E-state index contributed by atoms with van der Waals surface area (Å²) in [4.78, 5) is 27.4. The van der Waals surface area contributed by atoms with Crippen LogP contribution in [0.25, 0.3) is 0 Å². The number of halogens is 1. The summed E-state index contributed by atoms with van der Waals surface area (Å²) in [5, 5.41) is 2.56. The fourth-order valence-electron chi connectivity index (χ4n) is 2.24. The van der Waals surface area contributed by atoms with E-state index in [2.05, 4.69) is 10.2 Å². The highest BCUT2D eigenvalue weighted by Gasteiger charge is 2.24. The molecule has 0 atom stereocenters. The van der Waals surface area contributed by atoms with E-state index in [1.165, 1.54) is 6.07 Å². The van der Waals surface area contributed by atoms with Gasteiger partial charge in [0, 0.05) is 32.7 Å². The van der Waals surface area contributed by atoms with Crippen LogP contribution in [0.3, 0.4) is 0 Å². The zero-order valence-corrected chi connectivity index (χ0v) is 12.1. The summed E-state index contributed by atoms with van der Waals surface area (Å²) < 4.78 is 13.4. The predicted molar refractivity (Wildman–Crippen MR) is 77.2 cm³/mol. The number of carbonyl (C=O) groups is 2. The average molecular weight is 293 g/mol. The zero-order chi connectivity index (χ0) is 15.2. The molecule has 0 unspecified atom stereocenters. The summed E-state index contributed by atoms with van der Waals surface area (Å²) in [7, 11) is 1.98. The summed E-state index contributed by atoms with van der Waals surface area (Å²) in [6.45, 7) is 2.92. The molecule has 0 radical (unpaired) electrons. The number of nitrogens with one attached hydrogen (secondary N) is 1. The summed E-state index contributed by atoms with van der Waals surface area (Å²) >= 11 is 0. The maximum Gasteiger partial charge on any atom is 0.311 e. The topological polar surface area (TPSA) is 52.7 Å². The first-order valence-electron chi connectivity index (χ1n) is 7.07. The van der Waals surface area contributed by atoms with Crippen LogP contribution in [0, 0.1) is 5.82 Å². The van der Waals surface area contributed by atoms with Crippen molar-refractivity contribution in [3.63, 3.8) is 0 Å². The van der Waals surface area contributed by atoms with Crippen LogP contribution in [0.2, 0.25) is 0 Å². The van der Waals surface area contributed by atoms with Crippen LogP contribution in [-0.2, 0) is 16.0 Å². The minimum atomic E-state index is -0.615. The van der Waals surface area contributed by atoms with E-state index in [9.17, 15) is 14.0 Å². The molecule has 0 aromatic heterocycles. The molecule has 1 fully saturated rings. The normalized spacial score (nSPS) is 15.8. The van der Waals surface area contributed by atoms with E-state index >= 15 is 0 Å². The molecule has 0 aliphatic carbocycles. The van der Waals surface area contributed by atoms with Gasteiger partial charge in [-0.25, -0.2) is 4.39 Å². The lowest BCUT2D eigenvalue weighted by Crippen LogP contribution is -2.51. The third-order valence-corrected chi connectivity index (χ3v) is 3.62. The van der Waals surface area contributed by atoms with Crippen LogP contribution in [0.1, 0.15) is 5.56 Å². The Morgan fingerprint density at radius 1 is 1.19 bits per heavy atom. The molecule has 2 amide bonds. The van der Waals surface area contributed by atoms with Crippen molar-refractivity contribution in [3.05, 3.63) is 35.6 Å². The number of hydrogen-bond acceptors (Lipinski definition) is 3. The smallest absolute Gasteiger partial charge is 0.311 e. The van der Waals surface area contributed by atoms with Crippen molar-refractivity contribution in [1.29, 1.82) is 0 Å². The van der Waals surface area contributed by atoms with Gasteiger partial charge in [-0.2, -0.15) is 0 Å². The molecule has 0 bridgehead atoms. The van der Waals surface area contributed by atoms with E-state index in [1.54, 1.807) is 23.1 Å². The second kappa shape index (κ2) is 7.17. The van der Waals surface area contributed by atoms with Gasteiger partial charge in [-0.05, 0) is 25.1 Å². The van der Waals surface area contributed by atoms with Gasteiger partial charge in [0.15, 0.2) is 0 Å². The molecule has 1 aliphatic rings. The molecule has 1 aliphatic heterocycles. The first kappa shape index (κ1) is 15.4. The van der Waals surface area contributed by atoms with E-state index in [0.29, 0.717) is 25.1 Å². The molecule has 6 heteroatoms. The van der Waals surface area contributed by atoms with Gasteiger partial charge in [-0.3, -0.25) is 9.59 Å². The highest BCUT2D eigenvalue weighted by molar-refractivity contribution is 6.35. The molecule has 1 aromatic rings. The van der Waals surface area contributed by atoms with Crippen LogP contribution in [0.5, 0.6) is 0 Å². The number of amides is 2. The molecule has 5 nitrogen and oxygen atoms in total. The van der Waals surface area contributed by atoms with Gasteiger partial charge in [0.05, 0.1) is 0 Å². The standard InChI is InChI=1S/C15H20FN3O2/c1-18-8-10-19(11-9-18)15(21)14(20)17-7-6-12-4-2-3-5-13(12)16/h2-5H,6-11H2,1H3,(H,17,20). The molecule has 0 spiro atoms. The van der Waals surface area contributed by atoms with Crippen molar-refractivity contribution >= 4 is 11.8 Å². The molecule has 21 heavy (non-hydrogen) atoms. The van der Waals surface area contributed by atoms with E-state index in [-0.39, 0.29) is 12.4 Å². The maximum atomic E-state index is 13.4. The minimum absolute atomic E-state index is 0.249. The lowest BCUT2D eigenvalue weighted by atomic mass is 10.1. The van der Waals surface area contributed by atoms with Crippen molar-refractivity contribution in [1.82, 2.24) is 15.1 Å². The second-order valence-electron chi connectivity index (χ2n) is 5.19. The summed E-state index contributed by atoms with van der Waals surface area (Å²) in [6.07, 6.45) is 0.369. The third kappa shape index (κ3) is 4.26. The Morgan fingerprint density at radius 3 is 2.52 bits per heavy atom. The van der Waals surface area contributed by atoms with Gasteiger partial charge in [-0.15, -0.1) is 0 Å². The monoisotopic (exact) mass is 293 g/mol. The van der Waals surface area contributed by atoms with E-state index in [1.807, 2.05) is 7.05 Å². The van der Waals surface area contributed by atoms with E-state index in [4.69, 9.17) is 0 Å². The summed E-state index contributed by atoms with van der Waals surface area (Å²) in [5.41, 5.74) is 0.532. The van der Waals surface area contributed by atoms with Crippen molar-refractivity contribution in [2.45, 2.75) is 6.42 Å². The molecule has 2 rings (SSSR count). The van der Waals surface area contributed by atoms with Gasteiger partial charge in [0.1, 0.15) is 5.82 Å². The Hall–Kier alpha value is -1.95. The molecule has 114 valence electrons. The number of carbonyl (C=O) groups excluding carboxylic acids is 2. The SMILES string of the molecule is CN1CCN(C(=O)C(=O)NCCc2ccccc2F)CC1. The third-order valence-electron chi connectivity index (χ3n) is 3.62. The average Bonchev–Trinajstić information content (AvgIpc) is 2.49. The number of piperazine rings is 1. The number of benzene rings is 1. The van der Waals surface area contributed by atoms with Crippen LogP contribution in [-0.4, -0.2) is 61.4 Å². The van der Waals surface area contributed by atoms with Crippen molar-refractivity contribution in [3.8, 4) is 0 Å². The lowest BCUT2D eigenvalue weighted by Gasteiger charge is -2.31. The molecule has 1 N–H and O–H groups in total. The first-order valence-corrected chi connectivity index (χ1v) is 7.07. The Bertz CT molecular complexity index is 513. The Balaban J connectivity index is 1.77. The fourth-order valence-corrected chi connectivity index (χ4v) is 2.24. The maximum absolute atomic E-state index is 13.4. The summed E-state index contributed by atoms with van der Waals surface area (Å²) in [5.74, 6) is -1.41. The molecular weight excluding hydrogens is 273 g/mol. The lowest BCUT2D eigenvalue weighted by molar-refractivity contribution is -0.146. The Kier molecular flexibility index (Phi) is 5.27. The highest BCUT2D eigenvalue weighted by atomic mass is 19.1. The fraction of sp³-hybridized carbons (Fsp3) is 0.467. The quantitative estimate of drug-likeness (QED) is 0.813. The largest absolute Gasteiger partial charge is 0.347 e. The van der Waals surface area contributed by atoms with E-state index < -0.39 is 11.8 Å². The molecule has 1 aromatic carbocycles. The van der Waals surface area contributed by atoms with Crippen LogP contribution in [0.15, 0.2) is 24.3 Å². The number of nitrogens with zero attached hydrogens (tertiary/aromatic N) is 2. The van der Waals surface area contributed by atoms with Crippen molar-refractivity contribution < 1.29 is 14.0 Å². The Morgan fingerprint density at radius 2 is 1.86 bits per heavy atom. The van der Waals surface area contributed by atoms with Crippen LogP contribution >= 0.6 is 0 Å². The molecular formula is C15H20FN3O2. The predicted octanol–water partition coefficient (Wildman–Crippen LogP) is 0.258. The van der Waals surface area contributed by atoms with Crippen LogP contribution in [0.4, 0.5) is 4.39 Å². The van der Waals surface area contributed by atoms with E-state index in [0.717, 1.165) is 13.1 Å². The molecule has 1 saturated heterocycles. The number of hydrogen-bond donors (Lipinski definition) is 1. The van der Waals surface area contributed by atoms with Crippen molar-refractivity contribution in [2.75, 3.05) is 39.8 Å². The number of likely N-dealkylation sites (N-methyl/N-ethyl adjacent to an activating group) is 1. The highest BCUT2D eigenvalue weighted by Crippen LogP contribution is 2.06. The van der Waals surface area contributed by atoms with Gasteiger partial charge in [-0.1, -0.05) is 18.2 Å². The van der Waals surface area contributed by atoms with Crippen LogP contribution < -0.4 is 5.32 Å². The molecule has 1 heterocycles. The van der Waals surface area contributed by atoms with Crippen molar-refractivity contribution in [2.24, 2.45) is 0 Å². The second-order valence-corrected chi connectivity index (χ2v) is 5.19. The van der Waals surface area contributed by atoms with Gasteiger partial charge in [0.2, 0.25) is 0 Å².